The molecule has 2 aromatic rings. The molecule has 0 aromatic heterocycles. The average Bonchev–Trinajstić information content (AvgIpc) is 2.58. The monoisotopic (exact) mass is 380 g/mol. The second-order valence-electron chi connectivity index (χ2n) is 5.45. The summed E-state index contributed by atoms with van der Waals surface area (Å²) in [6.45, 7) is 8.82. The van der Waals surface area contributed by atoms with Gasteiger partial charge in [-0.25, -0.2) is 0 Å². The van der Waals surface area contributed by atoms with E-state index in [2.05, 4.69) is 24.4 Å². The van der Waals surface area contributed by atoms with Crippen LogP contribution in [0.1, 0.15) is 30.5 Å². The molecule has 0 fully saturated rings. The summed E-state index contributed by atoms with van der Waals surface area (Å²) in [5.41, 5.74) is 7.02. The molecule has 0 unspecified atom stereocenters. The van der Waals surface area contributed by atoms with Gasteiger partial charge in [-0.1, -0.05) is 29.3 Å². The first-order chi connectivity index (χ1) is 12.0. The standard InChI is InChI=1S/C19H22Cl2N2O2/c1-5-24-18-14(10-16(20)19(17(18)21)25-6-2)11-22-23-15-8-7-12(3)13(4)9-15/h7-11,23H,5-6H2,1-4H3. The van der Waals surface area contributed by atoms with E-state index in [9.17, 15) is 0 Å². The molecular weight excluding hydrogens is 359 g/mol. The van der Waals surface area contributed by atoms with E-state index in [1.54, 1.807) is 12.3 Å². The molecule has 0 atom stereocenters. The van der Waals surface area contributed by atoms with E-state index in [-0.39, 0.29) is 0 Å². The zero-order valence-electron chi connectivity index (χ0n) is 14.8. The fourth-order valence-electron chi connectivity index (χ4n) is 2.25. The minimum atomic E-state index is 0.351. The van der Waals surface area contributed by atoms with Crippen molar-refractivity contribution in [2.45, 2.75) is 27.7 Å². The summed E-state index contributed by atoms with van der Waals surface area (Å²) in [5, 5.41) is 5.04. The smallest absolute Gasteiger partial charge is 0.160 e. The van der Waals surface area contributed by atoms with Gasteiger partial charge in [-0.15, -0.1) is 0 Å². The highest BCUT2D eigenvalue weighted by Crippen LogP contribution is 2.42. The van der Waals surface area contributed by atoms with Gasteiger partial charge in [0, 0.05) is 5.56 Å². The van der Waals surface area contributed by atoms with Crippen LogP contribution in [0.3, 0.4) is 0 Å². The first-order valence-corrected chi connectivity index (χ1v) is 8.87. The molecule has 1 N–H and O–H groups in total. The average molecular weight is 381 g/mol. The fourth-order valence-corrected chi connectivity index (χ4v) is 2.89. The summed E-state index contributed by atoms with van der Waals surface area (Å²) in [6.07, 6.45) is 1.63. The van der Waals surface area contributed by atoms with Crippen molar-refractivity contribution in [2.24, 2.45) is 5.10 Å². The molecule has 4 nitrogen and oxygen atoms in total. The molecule has 2 aromatic carbocycles. The number of hydrogen-bond donors (Lipinski definition) is 1. The number of ether oxygens (including phenoxy) is 2. The van der Waals surface area contributed by atoms with Gasteiger partial charge in [0.15, 0.2) is 11.5 Å². The highest BCUT2D eigenvalue weighted by atomic mass is 35.5. The van der Waals surface area contributed by atoms with Gasteiger partial charge in [0.2, 0.25) is 0 Å². The maximum atomic E-state index is 6.39. The SMILES string of the molecule is CCOc1c(Cl)cc(C=NNc2ccc(C)c(C)c2)c(OCC)c1Cl. The Kier molecular flexibility index (Phi) is 6.97. The molecule has 0 aliphatic carbocycles. The van der Waals surface area contributed by atoms with E-state index in [4.69, 9.17) is 32.7 Å². The Labute approximate surface area is 158 Å². The van der Waals surface area contributed by atoms with Gasteiger partial charge < -0.3 is 9.47 Å². The number of anilines is 1. The summed E-state index contributed by atoms with van der Waals surface area (Å²) in [6, 6.07) is 7.79. The van der Waals surface area contributed by atoms with Crippen LogP contribution in [0.25, 0.3) is 0 Å². The van der Waals surface area contributed by atoms with Crippen LogP contribution in [-0.2, 0) is 0 Å². The maximum absolute atomic E-state index is 6.39. The normalized spacial score (nSPS) is 11.0. The largest absolute Gasteiger partial charge is 0.491 e. The number of hydrogen-bond acceptors (Lipinski definition) is 4. The maximum Gasteiger partial charge on any atom is 0.160 e. The zero-order valence-corrected chi connectivity index (χ0v) is 16.3. The quantitative estimate of drug-likeness (QED) is 0.483. The Morgan fingerprint density at radius 2 is 1.68 bits per heavy atom. The summed E-state index contributed by atoms with van der Waals surface area (Å²) in [4.78, 5) is 0. The molecule has 0 radical (unpaired) electrons. The molecule has 0 aliphatic rings. The number of nitrogens with one attached hydrogen (secondary N) is 1. The van der Waals surface area contributed by atoms with E-state index >= 15 is 0 Å². The number of aryl methyl sites for hydroxylation is 2. The lowest BCUT2D eigenvalue weighted by Crippen LogP contribution is -2.02. The second kappa shape index (κ2) is 8.97. The molecule has 134 valence electrons. The van der Waals surface area contributed by atoms with Crippen molar-refractivity contribution in [1.82, 2.24) is 0 Å². The molecule has 0 aliphatic heterocycles. The molecule has 0 saturated heterocycles. The Balaban J connectivity index is 2.29. The summed E-state index contributed by atoms with van der Waals surface area (Å²) in [7, 11) is 0. The third-order valence-electron chi connectivity index (χ3n) is 3.64. The number of rotatable bonds is 7. The molecule has 0 bridgehead atoms. The van der Waals surface area contributed by atoms with Crippen LogP contribution < -0.4 is 14.9 Å². The topological polar surface area (TPSA) is 42.8 Å². The van der Waals surface area contributed by atoms with E-state index in [0.29, 0.717) is 40.3 Å². The molecule has 2 rings (SSSR count). The molecule has 0 saturated carbocycles. The van der Waals surface area contributed by atoms with E-state index in [1.165, 1.54) is 11.1 Å². The summed E-state index contributed by atoms with van der Waals surface area (Å²) in [5.74, 6) is 0.927. The number of hydrazone groups is 1. The van der Waals surface area contributed by atoms with Gasteiger partial charge in [-0.05, 0) is 57.0 Å². The Morgan fingerprint density at radius 3 is 2.32 bits per heavy atom. The number of benzene rings is 2. The molecule has 0 heterocycles. The van der Waals surface area contributed by atoms with Crippen molar-refractivity contribution in [1.29, 1.82) is 0 Å². The van der Waals surface area contributed by atoms with Gasteiger partial charge in [-0.3, -0.25) is 5.43 Å². The lowest BCUT2D eigenvalue weighted by molar-refractivity contribution is 0.323. The fraction of sp³-hybridized carbons (Fsp3) is 0.316. The van der Waals surface area contributed by atoms with E-state index in [1.807, 2.05) is 32.0 Å². The van der Waals surface area contributed by atoms with Crippen molar-refractivity contribution < 1.29 is 9.47 Å². The molecular formula is C19H22Cl2N2O2. The minimum absolute atomic E-state index is 0.351. The minimum Gasteiger partial charge on any atom is -0.491 e. The first kappa shape index (κ1) is 19.4. The van der Waals surface area contributed by atoms with Crippen LogP contribution in [0, 0.1) is 13.8 Å². The third kappa shape index (κ3) is 4.80. The van der Waals surface area contributed by atoms with Gasteiger partial charge >= 0.3 is 0 Å². The second-order valence-corrected chi connectivity index (χ2v) is 6.24. The highest BCUT2D eigenvalue weighted by Gasteiger charge is 2.17. The van der Waals surface area contributed by atoms with Crippen LogP contribution >= 0.6 is 23.2 Å². The van der Waals surface area contributed by atoms with Crippen LogP contribution in [0.15, 0.2) is 29.4 Å². The van der Waals surface area contributed by atoms with Crippen LogP contribution in [0.2, 0.25) is 10.0 Å². The Morgan fingerprint density at radius 1 is 1.00 bits per heavy atom. The third-order valence-corrected chi connectivity index (χ3v) is 4.27. The van der Waals surface area contributed by atoms with Crippen molar-refractivity contribution in [3.05, 3.63) is 51.0 Å². The van der Waals surface area contributed by atoms with Gasteiger partial charge in [0.1, 0.15) is 5.02 Å². The van der Waals surface area contributed by atoms with Crippen LogP contribution in [0.4, 0.5) is 5.69 Å². The molecule has 6 heteroatoms. The first-order valence-electron chi connectivity index (χ1n) is 8.11. The molecule has 0 spiro atoms. The predicted molar refractivity (Wildman–Crippen MR) is 106 cm³/mol. The summed E-state index contributed by atoms with van der Waals surface area (Å²) < 4.78 is 11.2. The lowest BCUT2D eigenvalue weighted by Gasteiger charge is -2.15. The van der Waals surface area contributed by atoms with Gasteiger partial charge in [0.25, 0.3) is 0 Å². The van der Waals surface area contributed by atoms with Crippen molar-refractivity contribution in [3.8, 4) is 11.5 Å². The van der Waals surface area contributed by atoms with Crippen molar-refractivity contribution in [2.75, 3.05) is 18.6 Å². The zero-order chi connectivity index (χ0) is 18.4. The summed E-state index contributed by atoms with van der Waals surface area (Å²) >= 11 is 12.7. The van der Waals surface area contributed by atoms with Crippen LogP contribution in [0.5, 0.6) is 11.5 Å². The van der Waals surface area contributed by atoms with E-state index in [0.717, 1.165) is 5.69 Å². The van der Waals surface area contributed by atoms with Crippen LogP contribution in [-0.4, -0.2) is 19.4 Å². The van der Waals surface area contributed by atoms with Gasteiger partial charge in [0.05, 0.1) is 30.1 Å². The molecule has 0 amide bonds. The van der Waals surface area contributed by atoms with Gasteiger partial charge in [-0.2, -0.15) is 5.10 Å². The lowest BCUT2D eigenvalue weighted by atomic mass is 10.1. The Bertz CT molecular complexity index is 777. The highest BCUT2D eigenvalue weighted by molar-refractivity contribution is 6.38. The van der Waals surface area contributed by atoms with Crippen molar-refractivity contribution >= 4 is 35.1 Å². The van der Waals surface area contributed by atoms with E-state index < -0.39 is 0 Å². The number of halogens is 2. The molecule has 25 heavy (non-hydrogen) atoms. The van der Waals surface area contributed by atoms with Crippen molar-refractivity contribution in [3.63, 3.8) is 0 Å². The Hall–Kier alpha value is -1.91. The number of nitrogens with zero attached hydrogens (tertiary/aromatic N) is 1. The predicted octanol–water partition coefficient (Wildman–Crippen LogP) is 5.85.